The molecule has 0 aliphatic heterocycles. The Kier molecular flexibility index (Phi) is 6.17. The molecule has 0 radical (unpaired) electrons. The van der Waals surface area contributed by atoms with E-state index in [4.69, 9.17) is 4.74 Å². The molecule has 5 heteroatoms. The predicted molar refractivity (Wildman–Crippen MR) is 99.0 cm³/mol. The lowest BCUT2D eigenvalue weighted by Gasteiger charge is -2.20. The summed E-state index contributed by atoms with van der Waals surface area (Å²) in [7, 11) is 3.36. The van der Waals surface area contributed by atoms with E-state index in [1.54, 1.807) is 38.4 Å². The third-order valence-corrected chi connectivity index (χ3v) is 3.85. The first kappa shape index (κ1) is 18.5. The maximum Gasteiger partial charge on any atom is 0.265 e. The number of anilines is 1. The van der Waals surface area contributed by atoms with Gasteiger partial charge in [-0.25, -0.2) is 0 Å². The number of hydrogen-bond acceptors (Lipinski definition) is 3. The lowest BCUT2D eigenvalue weighted by atomic mass is 10.1. The summed E-state index contributed by atoms with van der Waals surface area (Å²) >= 11 is 0. The van der Waals surface area contributed by atoms with Crippen molar-refractivity contribution in [2.24, 2.45) is 0 Å². The Hall–Kier alpha value is -2.82. The van der Waals surface area contributed by atoms with E-state index in [0.29, 0.717) is 23.4 Å². The largest absolute Gasteiger partial charge is 0.480 e. The fraction of sp³-hybridized carbons (Fsp3) is 0.300. The van der Waals surface area contributed by atoms with Gasteiger partial charge < -0.3 is 15.0 Å². The van der Waals surface area contributed by atoms with E-state index in [2.05, 4.69) is 5.32 Å². The highest BCUT2D eigenvalue weighted by Crippen LogP contribution is 2.21. The zero-order chi connectivity index (χ0) is 18.4. The van der Waals surface area contributed by atoms with E-state index in [-0.39, 0.29) is 11.8 Å². The van der Waals surface area contributed by atoms with Gasteiger partial charge >= 0.3 is 0 Å². The van der Waals surface area contributed by atoms with Crippen molar-refractivity contribution >= 4 is 17.5 Å². The quantitative estimate of drug-likeness (QED) is 0.876. The van der Waals surface area contributed by atoms with Gasteiger partial charge in [-0.05, 0) is 37.1 Å². The van der Waals surface area contributed by atoms with Gasteiger partial charge in [0.1, 0.15) is 5.75 Å². The second-order valence-electron chi connectivity index (χ2n) is 6.01. The van der Waals surface area contributed by atoms with Crippen LogP contribution in [0.4, 0.5) is 5.69 Å². The molecule has 2 aromatic carbocycles. The van der Waals surface area contributed by atoms with Crippen molar-refractivity contribution in [1.29, 1.82) is 0 Å². The molecule has 2 rings (SSSR count). The molecule has 0 aliphatic carbocycles. The van der Waals surface area contributed by atoms with Crippen LogP contribution in [0.25, 0.3) is 0 Å². The molecule has 0 aromatic heterocycles. The molecule has 2 amide bonds. The number of para-hydroxylation sites is 2. The smallest absolute Gasteiger partial charge is 0.265 e. The first-order chi connectivity index (χ1) is 11.9. The Labute approximate surface area is 148 Å². The average Bonchev–Trinajstić information content (AvgIpc) is 2.60. The monoisotopic (exact) mass is 340 g/mol. The van der Waals surface area contributed by atoms with Crippen molar-refractivity contribution in [2.45, 2.75) is 26.4 Å². The lowest BCUT2D eigenvalue weighted by Crippen LogP contribution is -2.33. The normalized spacial score (nSPS) is 11.5. The molecular weight excluding hydrogens is 316 g/mol. The topological polar surface area (TPSA) is 58.6 Å². The van der Waals surface area contributed by atoms with Gasteiger partial charge in [0, 0.05) is 14.1 Å². The number of aryl methyl sites for hydroxylation is 1. The van der Waals surface area contributed by atoms with Crippen molar-refractivity contribution < 1.29 is 14.3 Å². The molecule has 0 saturated carbocycles. The summed E-state index contributed by atoms with van der Waals surface area (Å²) in [4.78, 5) is 26.4. The predicted octanol–water partition coefficient (Wildman–Crippen LogP) is 3.49. The minimum Gasteiger partial charge on any atom is -0.480 e. The zero-order valence-corrected chi connectivity index (χ0v) is 15.1. The number of ether oxygens (including phenoxy) is 1. The van der Waals surface area contributed by atoms with Crippen molar-refractivity contribution in [3.05, 3.63) is 59.7 Å². The number of carbonyl (C=O) groups is 2. The summed E-state index contributed by atoms with van der Waals surface area (Å²) in [6.45, 7) is 3.82. The van der Waals surface area contributed by atoms with Crippen LogP contribution in [0.5, 0.6) is 5.75 Å². The molecule has 0 unspecified atom stereocenters. The molecule has 0 aliphatic rings. The zero-order valence-electron chi connectivity index (χ0n) is 15.1. The van der Waals surface area contributed by atoms with E-state index in [1.165, 1.54) is 4.90 Å². The van der Waals surface area contributed by atoms with Gasteiger partial charge in [-0.1, -0.05) is 37.3 Å². The average molecular weight is 340 g/mol. The van der Waals surface area contributed by atoms with Crippen molar-refractivity contribution in [3.63, 3.8) is 0 Å². The maximum absolute atomic E-state index is 12.6. The number of nitrogens with one attached hydrogen (secondary N) is 1. The number of hydrogen-bond donors (Lipinski definition) is 1. The summed E-state index contributed by atoms with van der Waals surface area (Å²) in [5.41, 5.74) is 1.90. The first-order valence-electron chi connectivity index (χ1n) is 8.27. The summed E-state index contributed by atoms with van der Waals surface area (Å²) in [6.07, 6.45) is -0.118. The van der Waals surface area contributed by atoms with Gasteiger partial charge in [-0.2, -0.15) is 0 Å². The maximum atomic E-state index is 12.6. The van der Waals surface area contributed by atoms with Crippen molar-refractivity contribution in [3.8, 4) is 5.75 Å². The second kappa shape index (κ2) is 8.33. The van der Waals surface area contributed by atoms with Gasteiger partial charge in [-0.3, -0.25) is 9.59 Å². The minimum absolute atomic E-state index is 0.163. The van der Waals surface area contributed by atoms with E-state index in [1.807, 2.05) is 38.1 Å². The van der Waals surface area contributed by atoms with E-state index in [9.17, 15) is 9.59 Å². The molecule has 0 bridgehead atoms. The molecule has 2 aromatic rings. The highest BCUT2D eigenvalue weighted by atomic mass is 16.5. The number of nitrogens with zero attached hydrogens (tertiary/aromatic N) is 1. The molecule has 0 saturated heterocycles. The molecule has 5 nitrogen and oxygen atoms in total. The Morgan fingerprint density at radius 2 is 1.72 bits per heavy atom. The van der Waals surface area contributed by atoms with Gasteiger partial charge in [0.15, 0.2) is 6.10 Å². The second-order valence-corrected chi connectivity index (χ2v) is 6.01. The Morgan fingerprint density at radius 3 is 2.36 bits per heavy atom. The molecule has 1 atom stereocenters. The van der Waals surface area contributed by atoms with Crippen LogP contribution in [0.3, 0.4) is 0 Å². The van der Waals surface area contributed by atoms with Crippen molar-refractivity contribution in [2.75, 3.05) is 19.4 Å². The van der Waals surface area contributed by atoms with Crippen LogP contribution < -0.4 is 10.1 Å². The van der Waals surface area contributed by atoms with Crippen LogP contribution in [0.15, 0.2) is 48.5 Å². The molecule has 25 heavy (non-hydrogen) atoms. The SMILES string of the molecule is CC[C@H](Oc1ccccc1C)C(=O)Nc1ccccc1C(=O)N(C)C. The third-order valence-electron chi connectivity index (χ3n) is 3.85. The van der Waals surface area contributed by atoms with Gasteiger partial charge in [-0.15, -0.1) is 0 Å². The fourth-order valence-electron chi connectivity index (χ4n) is 2.40. The fourth-order valence-corrected chi connectivity index (χ4v) is 2.40. The molecule has 132 valence electrons. The minimum atomic E-state index is -0.636. The molecule has 0 spiro atoms. The van der Waals surface area contributed by atoms with Crippen LogP contribution in [-0.2, 0) is 4.79 Å². The van der Waals surface area contributed by atoms with Crippen LogP contribution >= 0.6 is 0 Å². The van der Waals surface area contributed by atoms with Gasteiger partial charge in [0.05, 0.1) is 11.3 Å². The standard InChI is InChI=1S/C20H24N2O3/c1-5-17(25-18-13-9-6-10-14(18)2)19(23)21-16-12-8-7-11-15(16)20(24)22(3)4/h6-13,17H,5H2,1-4H3,(H,21,23)/t17-/m0/s1. The number of benzene rings is 2. The van der Waals surface area contributed by atoms with Crippen LogP contribution in [0.1, 0.15) is 29.3 Å². The Bertz CT molecular complexity index is 756. The Balaban J connectivity index is 2.18. The number of rotatable bonds is 6. The molecule has 1 N–H and O–H groups in total. The first-order valence-corrected chi connectivity index (χ1v) is 8.27. The molecule has 0 fully saturated rings. The third kappa shape index (κ3) is 4.59. The summed E-state index contributed by atoms with van der Waals surface area (Å²) in [6, 6.07) is 14.5. The van der Waals surface area contributed by atoms with E-state index in [0.717, 1.165) is 5.56 Å². The number of amides is 2. The highest BCUT2D eigenvalue weighted by Gasteiger charge is 2.21. The lowest BCUT2D eigenvalue weighted by molar-refractivity contribution is -0.122. The van der Waals surface area contributed by atoms with Crippen LogP contribution in [0.2, 0.25) is 0 Å². The number of carbonyl (C=O) groups excluding carboxylic acids is 2. The molecule has 0 heterocycles. The van der Waals surface area contributed by atoms with E-state index >= 15 is 0 Å². The van der Waals surface area contributed by atoms with Crippen LogP contribution in [0, 0.1) is 6.92 Å². The van der Waals surface area contributed by atoms with Gasteiger partial charge in [0.2, 0.25) is 0 Å². The van der Waals surface area contributed by atoms with Crippen LogP contribution in [-0.4, -0.2) is 36.9 Å². The highest BCUT2D eigenvalue weighted by molar-refractivity contribution is 6.04. The summed E-state index contributed by atoms with van der Waals surface area (Å²) < 4.78 is 5.87. The Morgan fingerprint density at radius 1 is 1.08 bits per heavy atom. The summed E-state index contributed by atoms with van der Waals surface area (Å²) in [5, 5.41) is 2.83. The summed E-state index contributed by atoms with van der Waals surface area (Å²) in [5.74, 6) is 0.246. The molecular formula is C20H24N2O3. The van der Waals surface area contributed by atoms with Crippen molar-refractivity contribution in [1.82, 2.24) is 4.90 Å². The van der Waals surface area contributed by atoms with Gasteiger partial charge in [0.25, 0.3) is 11.8 Å². The van der Waals surface area contributed by atoms with E-state index < -0.39 is 6.10 Å².